The van der Waals surface area contributed by atoms with E-state index in [1.54, 1.807) is 0 Å². The molecule has 0 aromatic carbocycles. The predicted octanol–water partition coefficient (Wildman–Crippen LogP) is 6.56. The van der Waals surface area contributed by atoms with Gasteiger partial charge >= 0.3 is 0 Å². The molecule has 3 nitrogen and oxygen atoms in total. The van der Waals surface area contributed by atoms with Gasteiger partial charge in [0.2, 0.25) is 0 Å². The lowest BCUT2D eigenvalue weighted by Gasteiger charge is -2.74. The van der Waals surface area contributed by atoms with Crippen molar-refractivity contribution in [1.29, 1.82) is 0 Å². The standard InChI is InChI=1S/C30H48O3/c1-24(2)14-15-29-18-33-30(21(29)16-24)13-9-20-26(5)11-10-22(31)25(3,4)19(26)8-12-27(20,6)28(30,7)17-23(29)32/h19-22,31H,8-18H2,1-7H3/t19-,20+,21-,22-,26-,27+,28-,29+,30-/m0/s1. The molecule has 5 aliphatic carbocycles. The highest BCUT2D eigenvalue weighted by Crippen LogP contribution is 2.79. The Hall–Kier alpha value is -0.410. The van der Waals surface area contributed by atoms with Crippen molar-refractivity contribution in [3.63, 3.8) is 0 Å². The van der Waals surface area contributed by atoms with E-state index in [9.17, 15) is 9.90 Å². The quantitative estimate of drug-likeness (QED) is 0.449. The maximum Gasteiger partial charge on any atom is 0.142 e. The molecule has 0 unspecified atom stereocenters. The molecule has 0 amide bonds. The van der Waals surface area contributed by atoms with Crippen molar-refractivity contribution in [1.82, 2.24) is 0 Å². The number of hydrogen-bond donors (Lipinski definition) is 1. The summed E-state index contributed by atoms with van der Waals surface area (Å²) in [6.07, 6.45) is 10.6. The Morgan fingerprint density at radius 3 is 2.24 bits per heavy atom. The smallest absolute Gasteiger partial charge is 0.142 e. The van der Waals surface area contributed by atoms with Crippen molar-refractivity contribution in [3.8, 4) is 0 Å². The van der Waals surface area contributed by atoms with Crippen molar-refractivity contribution in [3.05, 3.63) is 0 Å². The SMILES string of the molecule is CC1(C)CC[C@]23CO[C@@]4(CC[C@@H]5[C@@]6(C)CC[C@H](O)C(C)(C)[C@@H]6CC[C@@]5(C)[C@]4(C)CC2=O)[C@H]3C1. The molecule has 5 saturated carbocycles. The first-order valence-corrected chi connectivity index (χ1v) is 14.0. The summed E-state index contributed by atoms with van der Waals surface area (Å²) in [7, 11) is 0. The Morgan fingerprint density at radius 1 is 0.818 bits per heavy atom. The van der Waals surface area contributed by atoms with Crippen LogP contribution in [-0.4, -0.2) is 29.2 Å². The first-order valence-electron chi connectivity index (χ1n) is 14.0. The van der Waals surface area contributed by atoms with Gasteiger partial charge in [0.15, 0.2) is 0 Å². The van der Waals surface area contributed by atoms with Gasteiger partial charge in [-0.1, -0.05) is 48.5 Å². The second-order valence-electron chi connectivity index (χ2n) is 15.7. The zero-order valence-corrected chi connectivity index (χ0v) is 22.4. The molecule has 6 rings (SSSR count). The zero-order valence-electron chi connectivity index (χ0n) is 22.4. The van der Waals surface area contributed by atoms with Gasteiger partial charge in [-0.25, -0.2) is 0 Å². The van der Waals surface area contributed by atoms with Gasteiger partial charge in [-0.15, -0.1) is 0 Å². The molecule has 33 heavy (non-hydrogen) atoms. The third kappa shape index (κ3) is 2.39. The summed E-state index contributed by atoms with van der Waals surface area (Å²) in [5.41, 5.74) is 0.210. The number of hydrogen-bond acceptors (Lipinski definition) is 3. The normalized spacial score (nSPS) is 58.6. The molecule has 6 aliphatic rings. The van der Waals surface area contributed by atoms with E-state index in [0.29, 0.717) is 35.6 Å². The first kappa shape index (κ1) is 23.0. The molecule has 0 aromatic rings. The van der Waals surface area contributed by atoms with E-state index < -0.39 is 0 Å². The van der Waals surface area contributed by atoms with Crippen molar-refractivity contribution in [2.75, 3.05) is 6.61 Å². The summed E-state index contributed by atoms with van der Waals surface area (Å²) in [6.45, 7) is 17.8. The van der Waals surface area contributed by atoms with Gasteiger partial charge in [-0.05, 0) is 91.3 Å². The lowest BCUT2D eigenvalue weighted by molar-refractivity contribution is -0.282. The molecule has 0 aromatic heterocycles. The summed E-state index contributed by atoms with van der Waals surface area (Å²) in [4.78, 5) is 14.1. The molecule has 3 heteroatoms. The number of aliphatic hydroxyl groups excluding tert-OH is 1. The highest BCUT2D eigenvalue weighted by Gasteiger charge is 2.80. The summed E-state index contributed by atoms with van der Waals surface area (Å²) < 4.78 is 7.05. The minimum atomic E-state index is -0.198. The van der Waals surface area contributed by atoms with Crippen LogP contribution in [0.15, 0.2) is 0 Å². The number of carbonyl (C=O) groups excluding carboxylic acids is 1. The molecule has 1 heterocycles. The highest BCUT2D eigenvalue weighted by molar-refractivity contribution is 5.88. The fraction of sp³-hybridized carbons (Fsp3) is 0.967. The monoisotopic (exact) mass is 456 g/mol. The van der Waals surface area contributed by atoms with E-state index in [1.165, 1.54) is 19.3 Å². The van der Waals surface area contributed by atoms with Gasteiger partial charge < -0.3 is 9.84 Å². The fourth-order valence-corrected chi connectivity index (χ4v) is 11.7. The number of ether oxygens (including phenoxy) is 1. The molecule has 0 radical (unpaired) electrons. The van der Waals surface area contributed by atoms with Crippen LogP contribution in [0.5, 0.6) is 0 Å². The van der Waals surface area contributed by atoms with Gasteiger partial charge in [-0.3, -0.25) is 4.79 Å². The van der Waals surface area contributed by atoms with Gasteiger partial charge in [0.1, 0.15) is 5.78 Å². The molecule has 1 saturated heterocycles. The molecule has 6 fully saturated rings. The second-order valence-corrected chi connectivity index (χ2v) is 15.7. The highest BCUT2D eigenvalue weighted by atomic mass is 16.5. The number of ketones is 1. The Balaban J connectivity index is 1.46. The summed E-state index contributed by atoms with van der Waals surface area (Å²) >= 11 is 0. The van der Waals surface area contributed by atoms with E-state index >= 15 is 0 Å². The average molecular weight is 457 g/mol. The third-order valence-corrected chi connectivity index (χ3v) is 13.9. The Bertz CT molecular complexity index is 891. The Labute approximate surface area is 201 Å². The van der Waals surface area contributed by atoms with Crippen LogP contribution in [0, 0.1) is 50.2 Å². The average Bonchev–Trinajstić information content (AvgIpc) is 2.99. The van der Waals surface area contributed by atoms with Crippen LogP contribution < -0.4 is 0 Å². The van der Waals surface area contributed by atoms with E-state index in [1.807, 2.05) is 0 Å². The minimum Gasteiger partial charge on any atom is -0.393 e. The van der Waals surface area contributed by atoms with E-state index in [4.69, 9.17) is 4.74 Å². The zero-order chi connectivity index (χ0) is 23.9. The summed E-state index contributed by atoms with van der Waals surface area (Å²) in [5, 5.41) is 10.9. The molecule has 1 spiro atoms. The molecule has 1 N–H and O–H groups in total. The molecular weight excluding hydrogens is 408 g/mol. The fourth-order valence-electron chi connectivity index (χ4n) is 11.7. The number of rotatable bonds is 0. The third-order valence-electron chi connectivity index (χ3n) is 13.9. The number of Topliss-reactive ketones (excluding diaryl/α,β-unsaturated/α-hetero) is 1. The number of fused-ring (bicyclic) bond motifs is 4. The summed E-state index contributed by atoms with van der Waals surface area (Å²) in [5.74, 6) is 2.09. The Morgan fingerprint density at radius 2 is 1.52 bits per heavy atom. The van der Waals surface area contributed by atoms with Crippen LogP contribution >= 0.6 is 0 Å². The van der Waals surface area contributed by atoms with Crippen molar-refractivity contribution < 1.29 is 14.6 Å². The van der Waals surface area contributed by atoms with Crippen molar-refractivity contribution >= 4 is 5.78 Å². The van der Waals surface area contributed by atoms with E-state index in [2.05, 4.69) is 48.5 Å². The molecule has 1 aliphatic heterocycles. The number of aliphatic hydroxyl groups is 1. The van der Waals surface area contributed by atoms with Crippen molar-refractivity contribution in [2.45, 2.75) is 124 Å². The largest absolute Gasteiger partial charge is 0.393 e. The topological polar surface area (TPSA) is 46.5 Å². The van der Waals surface area contributed by atoms with Gasteiger partial charge in [0.25, 0.3) is 0 Å². The lowest BCUT2D eigenvalue weighted by Crippen LogP contribution is -2.73. The molecular formula is C30H48O3. The Kier molecular flexibility index (Phi) is 4.38. The van der Waals surface area contributed by atoms with Crippen molar-refractivity contribution in [2.24, 2.45) is 50.2 Å². The van der Waals surface area contributed by atoms with Crippen LogP contribution in [-0.2, 0) is 9.53 Å². The van der Waals surface area contributed by atoms with Gasteiger partial charge in [0.05, 0.1) is 23.7 Å². The van der Waals surface area contributed by atoms with E-state index in [0.717, 1.165) is 44.9 Å². The van der Waals surface area contributed by atoms with E-state index in [-0.39, 0.29) is 38.8 Å². The van der Waals surface area contributed by atoms with Gasteiger partial charge in [0, 0.05) is 17.8 Å². The number of carbonyl (C=O) groups is 1. The molecule has 186 valence electrons. The predicted molar refractivity (Wildman–Crippen MR) is 131 cm³/mol. The summed E-state index contributed by atoms with van der Waals surface area (Å²) in [6, 6.07) is 0. The maximum absolute atomic E-state index is 14.1. The second kappa shape index (κ2) is 6.28. The van der Waals surface area contributed by atoms with Crippen LogP contribution in [0.2, 0.25) is 0 Å². The van der Waals surface area contributed by atoms with Crippen LogP contribution in [0.4, 0.5) is 0 Å². The van der Waals surface area contributed by atoms with Crippen LogP contribution in [0.25, 0.3) is 0 Å². The maximum atomic E-state index is 14.1. The van der Waals surface area contributed by atoms with Crippen LogP contribution in [0.3, 0.4) is 0 Å². The molecule has 9 atom stereocenters. The molecule has 2 bridgehead atoms. The lowest BCUT2D eigenvalue weighted by atomic mass is 9.30. The van der Waals surface area contributed by atoms with Crippen LogP contribution in [0.1, 0.15) is 113 Å². The minimum absolute atomic E-state index is 0.0286. The first-order chi connectivity index (χ1) is 15.2. The van der Waals surface area contributed by atoms with Gasteiger partial charge in [-0.2, -0.15) is 0 Å².